The molecule has 1 amide bonds. The van der Waals surface area contributed by atoms with Crippen molar-refractivity contribution in [2.45, 2.75) is 6.18 Å². The number of nitrogens with one attached hydrogen (secondary N) is 1. The molecule has 9 heteroatoms. The van der Waals surface area contributed by atoms with Crippen LogP contribution in [0.5, 0.6) is 0 Å². The predicted octanol–water partition coefficient (Wildman–Crippen LogP) is 0.574. The molecule has 0 saturated heterocycles. The molecule has 0 aliphatic heterocycles. The van der Waals surface area contributed by atoms with Gasteiger partial charge in [0, 0.05) is 5.69 Å². The Hall–Kier alpha value is -2.32. The topological polar surface area (TPSA) is 111 Å². The van der Waals surface area contributed by atoms with Gasteiger partial charge in [-0.15, -0.1) is 0 Å². The van der Waals surface area contributed by atoms with Crippen molar-refractivity contribution in [2.75, 3.05) is 5.73 Å². The number of nitrogen functional groups attached to an aromatic ring is 1. The van der Waals surface area contributed by atoms with E-state index < -0.39 is 12.1 Å². The lowest BCUT2D eigenvalue weighted by molar-refractivity contribution is -0.169. The first-order chi connectivity index (χ1) is 7.80. The first-order valence-electron chi connectivity index (χ1n) is 4.23. The van der Waals surface area contributed by atoms with Gasteiger partial charge >= 0.3 is 12.1 Å². The number of carbonyl (C=O) groups is 1. The summed E-state index contributed by atoms with van der Waals surface area (Å²) < 4.78 is 32.1. The summed E-state index contributed by atoms with van der Waals surface area (Å²) in [6.07, 6.45) is -4.86. The van der Waals surface area contributed by atoms with Gasteiger partial charge in [0.1, 0.15) is 11.0 Å². The van der Waals surface area contributed by atoms with Gasteiger partial charge in [-0.05, 0) is 18.2 Å². The Bertz CT molecular complexity index is 521. The van der Waals surface area contributed by atoms with Gasteiger partial charge in [0.2, 0.25) is 0 Å². The van der Waals surface area contributed by atoms with Crippen molar-refractivity contribution < 1.29 is 18.0 Å². The molecule has 0 radical (unpaired) electrons. The molecular weight excluding hydrogens is 239 g/mol. The lowest BCUT2D eigenvalue weighted by Gasteiger charge is -1.95. The number of H-pyrrole nitrogens is 1. The summed E-state index contributed by atoms with van der Waals surface area (Å²) in [5, 5.41) is 10.2. The van der Waals surface area contributed by atoms with Gasteiger partial charge in [0.25, 0.3) is 0 Å². The first-order valence-corrected chi connectivity index (χ1v) is 4.23. The monoisotopic (exact) mass is 247 g/mol. The van der Waals surface area contributed by atoms with Gasteiger partial charge in [0.15, 0.2) is 0 Å². The number of nitrogens with zero attached hydrogens (tertiary/aromatic N) is 2. The van der Waals surface area contributed by atoms with Gasteiger partial charge in [-0.25, -0.2) is 0 Å². The number of benzene rings is 1. The van der Waals surface area contributed by atoms with Crippen molar-refractivity contribution in [2.24, 2.45) is 5.73 Å². The van der Waals surface area contributed by atoms with E-state index >= 15 is 0 Å². The highest BCUT2D eigenvalue weighted by Crippen LogP contribution is 2.12. The normalized spacial score (nSPS) is 10.8. The van der Waals surface area contributed by atoms with E-state index in [-0.39, 0.29) is 0 Å². The van der Waals surface area contributed by atoms with Crippen LogP contribution in [0.25, 0.3) is 11.0 Å². The molecule has 0 bridgehead atoms. The number of rotatable bonds is 0. The van der Waals surface area contributed by atoms with Crippen LogP contribution < -0.4 is 11.5 Å². The Balaban J connectivity index is 0.000000185. The summed E-state index contributed by atoms with van der Waals surface area (Å²) >= 11 is 0. The highest BCUT2D eigenvalue weighted by Gasteiger charge is 2.35. The molecule has 0 aliphatic rings. The van der Waals surface area contributed by atoms with Gasteiger partial charge in [-0.3, -0.25) is 4.79 Å². The number of aromatic amines is 1. The number of alkyl halides is 3. The average Bonchev–Trinajstić information content (AvgIpc) is 2.63. The minimum absolute atomic E-state index is 0.710. The second-order valence-electron chi connectivity index (χ2n) is 2.93. The second-order valence-corrected chi connectivity index (χ2v) is 2.93. The number of primary amides is 1. The smallest absolute Gasteiger partial charge is 0.399 e. The molecule has 6 nitrogen and oxygen atoms in total. The average molecular weight is 247 g/mol. The Morgan fingerprint density at radius 2 is 1.76 bits per heavy atom. The van der Waals surface area contributed by atoms with Gasteiger partial charge in [0.05, 0.1) is 0 Å². The molecule has 17 heavy (non-hydrogen) atoms. The third-order valence-corrected chi connectivity index (χ3v) is 1.62. The zero-order valence-electron chi connectivity index (χ0n) is 8.32. The van der Waals surface area contributed by atoms with Crippen molar-refractivity contribution in [3.63, 3.8) is 0 Å². The van der Waals surface area contributed by atoms with Gasteiger partial charge in [-0.1, -0.05) is 0 Å². The standard InChI is InChI=1S/C6H6N4.C2H2F3NO/c7-4-1-2-5-6(3-4)9-10-8-5;3-2(4,5)1(6)7/h1-3H,7H2,(H,8,9,10);(H2,6,7). The largest absolute Gasteiger partial charge is 0.470 e. The molecule has 0 fully saturated rings. The number of hydrogen-bond acceptors (Lipinski definition) is 4. The van der Waals surface area contributed by atoms with Crippen LogP contribution >= 0.6 is 0 Å². The maximum atomic E-state index is 10.7. The molecule has 0 saturated carbocycles. The molecule has 0 aliphatic carbocycles. The summed E-state index contributed by atoms with van der Waals surface area (Å²) in [7, 11) is 0. The molecule has 0 atom stereocenters. The minimum Gasteiger partial charge on any atom is -0.399 e. The van der Waals surface area contributed by atoms with Crippen molar-refractivity contribution in [3.8, 4) is 0 Å². The summed E-state index contributed by atoms with van der Waals surface area (Å²) in [6, 6.07) is 5.40. The molecule has 0 spiro atoms. The zero-order valence-corrected chi connectivity index (χ0v) is 8.32. The van der Waals surface area contributed by atoms with Crippen LogP contribution in [0.1, 0.15) is 0 Å². The summed E-state index contributed by atoms with van der Waals surface area (Å²) in [5.74, 6) is -2.26. The highest BCUT2D eigenvalue weighted by atomic mass is 19.4. The summed E-state index contributed by atoms with van der Waals surface area (Å²) in [6.45, 7) is 0. The fourth-order valence-corrected chi connectivity index (χ4v) is 0.857. The van der Waals surface area contributed by atoms with Crippen LogP contribution in [0.3, 0.4) is 0 Å². The second kappa shape index (κ2) is 4.68. The van der Waals surface area contributed by atoms with E-state index in [0.29, 0.717) is 5.69 Å². The number of amides is 1. The van der Waals surface area contributed by atoms with Crippen molar-refractivity contribution in [3.05, 3.63) is 18.2 Å². The fourth-order valence-electron chi connectivity index (χ4n) is 0.857. The molecule has 92 valence electrons. The highest BCUT2D eigenvalue weighted by molar-refractivity contribution is 5.79. The molecular formula is C8H8F3N5O. The van der Waals surface area contributed by atoms with E-state index in [0.717, 1.165) is 11.0 Å². The molecule has 2 aromatic rings. The van der Waals surface area contributed by atoms with E-state index in [1.807, 2.05) is 6.07 Å². The quantitative estimate of drug-likeness (QED) is 0.591. The van der Waals surface area contributed by atoms with Crippen LogP contribution in [-0.2, 0) is 4.79 Å². The molecule has 5 N–H and O–H groups in total. The van der Waals surface area contributed by atoms with Crippen LogP contribution in [0, 0.1) is 0 Å². The summed E-state index contributed by atoms with van der Waals surface area (Å²) in [4.78, 5) is 9.12. The summed E-state index contributed by atoms with van der Waals surface area (Å²) in [5.41, 5.74) is 11.7. The van der Waals surface area contributed by atoms with Crippen LogP contribution in [-0.4, -0.2) is 27.5 Å². The number of nitrogens with two attached hydrogens (primary N) is 2. The van der Waals surface area contributed by atoms with Gasteiger partial charge < -0.3 is 11.5 Å². The number of hydrogen-bond donors (Lipinski definition) is 3. The number of carbonyl (C=O) groups excluding carboxylic acids is 1. The maximum absolute atomic E-state index is 10.7. The van der Waals surface area contributed by atoms with Crippen molar-refractivity contribution in [1.29, 1.82) is 0 Å². The minimum atomic E-state index is -4.86. The Labute approximate surface area is 92.8 Å². The lowest BCUT2D eigenvalue weighted by atomic mass is 10.3. The lowest BCUT2D eigenvalue weighted by Crippen LogP contribution is -2.30. The Kier molecular flexibility index (Phi) is 3.51. The van der Waals surface area contributed by atoms with E-state index in [9.17, 15) is 13.2 Å². The van der Waals surface area contributed by atoms with Crippen molar-refractivity contribution >= 4 is 22.6 Å². The number of halogens is 3. The maximum Gasteiger partial charge on any atom is 0.470 e. The molecule has 1 heterocycles. The number of aromatic nitrogens is 3. The van der Waals surface area contributed by atoms with E-state index in [1.165, 1.54) is 0 Å². The third kappa shape index (κ3) is 3.63. The van der Waals surface area contributed by atoms with E-state index in [2.05, 4.69) is 21.1 Å². The fraction of sp³-hybridized carbons (Fsp3) is 0.125. The molecule has 2 rings (SSSR count). The van der Waals surface area contributed by atoms with Crippen LogP contribution in [0.4, 0.5) is 18.9 Å². The molecule has 1 aromatic carbocycles. The van der Waals surface area contributed by atoms with Gasteiger partial charge in [-0.2, -0.15) is 28.6 Å². The van der Waals surface area contributed by atoms with Crippen molar-refractivity contribution in [1.82, 2.24) is 15.4 Å². The Morgan fingerprint density at radius 1 is 1.24 bits per heavy atom. The molecule has 1 aromatic heterocycles. The van der Waals surface area contributed by atoms with E-state index in [1.54, 1.807) is 12.1 Å². The SMILES string of the molecule is NC(=O)C(F)(F)F.Nc1ccc2n[nH]nc2c1. The Morgan fingerprint density at radius 3 is 2.29 bits per heavy atom. The first kappa shape index (κ1) is 12.7. The molecule has 0 unspecified atom stereocenters. The van der Waals surface area contributed by atoms with Crippen LogP contribution in [0.2, 0.25) is 0 Å². The van der Waals surface area contributed by atoms with Crippen LogP contribution in [0.15, 0.2) is 18.2 Å². The number of fused-ring (bicyclic) bond motifs is 1. The van der Waals surface area contributed by atoms with E-state index in [4.69, 9.17) is 10.5 Å². The predicted molar refractivity (Wildman–Crippen MR) is 53.6 cm³/mol. The zero-order chi connectivity index (χ0) is 13.1. The number of anilines is 1. The third-order valence-electron chi connectivity index (χ3n) is 1.62.